The molecule has 1 rings (SSSR count). The van der Waals surface area contributed by atoms with Crippen molar-refractivity contribution in [3.05, 3.63) is 39.4 Å². The molecule has 0 aromatic heterocycles. The van der Waals surface area contributed by atoms with Crippen LogP contribution in [0.1, 0.15) is 27.1 Å². The van der Waals surface area contributed by atoms with Gasteiger partial charge in [-0.25, -0.2) is 4.79 Å². The van der Waals surface area contributed by atoms with E-state index in [-0.39, 0.29) is 16.8 Å². The van der Waals surface area contributed by atoms with Crippen LogP contribution in [0.15, 0.2) is 18.2 Å². The maximum Gasteiger partial charge on any atom is 0.338 e. The van der Waals surface area contributed by atoms with Crippen LogP contribution in [0.2, 0.25) is 0 Å². The Labute approximate surface area is 127 Å². The lowest BCUT2D eigenvalue weighted by molar-refractivity contribution is -0.384. The van der Waals surface area contributed by atoms with Gasteiger partial charge in [-0.2, -0.15) is 0 Å². The molecule has 22 heavy (non-hydrogen) atoms. The van der Waals surface area contributed by atoms with E-state index in [1.165, 1.54) is 18.1 Å². The summed E-state index contributed by atoms with van der Waals surface area (Å²) in [4.78, 5) is 35.5. The number of hydrogen-bond donors (Lipinski definition) is 0. The van der Waals surface area contributed by atoms with Gasteiger partial charge in [-0.15, -0.1) is 0 Å². The second-order valence-corrected chi connectivity index (χ2v) is 4.59. The molecule has 0 fully saturated rings. The maximum atomic E-state index is 12.3. The number of methoxy groups -OCH3 is 2. The summed E-state index contributed by atoms with van der Waals surface area (Å²) in [6, 6.07) is 3.50. The fraction of sp³-hybridized carbons (Fsp3) is 0.429. The first-order chi connectivity index (χ1) is 10.4. The number of carbonyl (C=O) groups excluding carboxylic acids is 2. The topological polar surface area (TPSA) is 99.0 Å². The molecule has 0 spiro atoms. The molecule has 0 aliphatic carbocycles. The Morgan fingerprint density at radius 1 is 1.23 bits per heavy atom. The molecule has 1 amide bonds. The summed E-state index contributed by atoms with van der Waals surface area (Å²) < 4.78 is 9.45. The molecule has 0 radical (unpaired) electrons. The van der Waals surface area contributed by atoms with Crippen LogP contribution in [-0.4, -0.2) is 56.1 Å². The predicted octanol–water partition coefficient (Wildman–Crippen LogP) is 1.49. The molecule has 8 nitrogen and oxygen atoms in total. The number of rotatable bonds is 7. The van der Waals surface area contributed by atoms with Crippen LogP contribution in [-0.2, 0) is 9.47 Å². The van der Waals surface area contributed by atoms with Crippen LogP contribution in [0.25, 0.3) is 0 Å². The highest BCUT2D eigenvalue weighted by molar-refractivity contribution is 5.98. The number of amides is 1. The van der Waals surface area contributed by atoms with Gasteiger partial charge in [0.1, 0.15) is 0 Å². The van der Waals surface area contributed by atoms with Crippen molar-refractivity contribution in [2.45, 2.75) is 6.42 Å². The molecule has 120 valence electrons. The molecular weight excluding hydrogens is 292 g/mol. The van der Waals surface area contributed by atoms with E-state index >= 15 is 0 Å². The molecule has 0 aliphatic heterocycles. The van der Waals surface area contributed by atoms with Crippen molar-refractivity contribution in [3.63, 3.8) is 0 Å². The Morgan fingerprint density at radius 3 is 2.41 bits per heavy atom. The van der Waals surface area contributed by atoms with E-state index in [0.29, 0.717) is 19.6 Å². The zero-order chi connectivity index (χ0) is 16.7. The predicted molar refractivity (Wildman–Crippen MR) is 77.9 cm³/mol. The van der Waals surface area contributed by atoms with E-state index in [9.17, 15) is 19.7 Å². The van der Waals surface area contributed by atoms with Crippen molar-refractivity contribution in [3.8, 4) is 0 Å². The third-order valence-electron chi connectivity index (χ3n) is 2.99. The van der Waals surface area contributed by atoms with Crippen molar-refractivity contribution >= 4 is 17.6 Å². The smallest absolute Gasteiger partial charge is 0.338 e. The Morgan fingerprint density at radius 2 is 1.86 bits per heavy atom. The Balaban J connectivity index is 3.06. The van der Waals surface area contributed by atoms with Gasteiger partial charge in [-0.05, 0) is 12.5 Å². The number of hydrogen-bond acceptors (Lipinski definition) is 6. The maximum absolute atomic E-state index is 12.3. The van der Waals surface area contributed by atoms with Crippen LogP contribution >= 0.6 is 0 Å². The summed E-state index contributed by atoms with van der Waals surface area (Å²) in [5, 5.41) is 10.9. The summed E-state index contributed by atoms with van der Waals surface area (Å²) >= 11 is 0. The Kier molecular flexibility index (Phi) is 6.46. The third-order valence-corrected chi connectivity index (χ3v) is 2.99. The van der Waals surface area contributed by atoms with Crippen molar-refractivity contribution in [2.24, 2.45) is 0 Å². The summed E-state index contributed by atoms with van der Waals surface area (Å²) in [6.45, 7) is 0.933. The first-order valence-corrected chi connectivity index (χ1v) is 6.53. The van der Waals surface area contributed by atoms with Gasteiger partial charge in [0.05, 0.1) is 17.6 Å². The van der Waals surface area contributed by atoms with Crippen LogP contribution in [0.5, 0.6) is 0 Å². The minimum absolute atomic E-state index is 0.0367. The summed E-state index contributed by atoms with van der Waals surface area (Å²) in [5.74, 6) is -1.15. The van der Waals surface area contributed by atoms with Crippen LogP contribution < -0.4 is 0 Å². The molecule has 0 heterocycles. The van der Waals surface area contributed by atoms with Crippen molar-refractivity contribution in [2.75, 3.05) is 34.4 Å². The highest BCUT2D eigenvalue weighted by Gasteiger charge is 2.20. The number of ether oxygens (including phenoxy) is 2. The second-order valence-electron chi connectivity index (χ2n) is 4.59. The summed E-state index contributed by atoms with van der Waals surface area (Å²) in [7, 11) is 4.30. The molecule has 0 atom stereocenters. The number of nitro groups is 1. The Hall–Kier alpha value is -2.48. The van der Waals surface area contributed by atoms with Gasteiger partial charge in [0.2, 0.25) is 0 Å². The van der Waals surface area contributed by atoms with Gasteiger partial charge in [0.15, 0.2) is 0 Å². The fourth-order valence-corrected chi connectivity index (χ4v) is 1.84. The van der Waals surface area contributed by atoms with Gasteiger partial charge in [-0.1, -0.05) is 0 Å². The molecule has 0 unspecified atom stereocenters. The van der Waals surface area contributed by atoms with Crippen LogP contribution in [0.3, 0.4) is 0 Å². The number of benzene rings is 1. The first-order valence-electron chi connectivity index (χ1n) is 6.53. The van der Waals surface area contributed by atoms with E-state index in [2.05, 4.69) is 4.74 Å². The molecule has 0 bridgehead atoms. The number of nitrogens with zero attached hydrogens (tertiary/aromatic N) is 2. The lowest BCUT2D eigenvalue weighted by atomic mass is 10.1. The zero-order valence-corrected chi connectivity index (χ0v) is 12.7. The molecule has 8 heteroatoms. The average Bonchev–Trinajstić information content (AvgIpc) is 2.52. The second kappa shape index (κ2) is 8.08. The molecule has 0 saturated heterocycles. The minimum atomic E-state index is -0.736. The van der Waals surface area contributed by atoms with E-state index in [1.807, 2.05) is 0 Å². The van der Waals surface area contributed by atoms with Crippen molar-refractivity contribution in [1.29, 1.82) is 0 Å². The monoisotopic (exact) mass is 310 g/mol. The van der Waals surface area contributed by atoms with E-state index < -0.39 is 16.8 Å². The zero-order valence-electron chi connectivity index (χ0n) is 12.7. The largest absolute Gasteiger partial charge is 0.465 e. The number of esters is 1. The molecule has 1 aromatic carbocycles. The molecular formula is C14H18N2O6. The number of carbonyl (C=O) groups is 2. The van der Waals surface area contributed by atoms with Gasteiger partial charge in [0, 0.05) is 45.0 Å². The molecule has 1 aromatic rings. The van der Waals surface area contributed by atoms with Crippen molar-refractivity contribution in [1.82, 2.24) is 4.90 Å². The van der Waals surface area contributed by atoms with Gasteiger partial charge >= 0.3 is 5.97 Å². The first kappa shape index (κ1) is 17.6. The summed E-state index contributed by atoms with van der Waals surface area (Å²) in [6.07, 6.45) is 0.636. The number of non-ortho nitro benzene ring substituents is 1. The lowest BCUT2D eigenvalue weighted by Gasteiger charge is -2.17. The van der Waals surface area contributed by atoms with E-state index in [0.717, 1.165) is 12.1 Å². The van der Waals surface area contributed by atoms with Crippen molar-refractivity contribution < 1.29 is 24.0 Å². The quantitative estimate of drug-likeness (QED) is 0.327. The van der Waals surface area contributed by atoms with Gasteiger partial charge < -0.3 is 14.4 Å². The molecule has 0 saturated carbocycles. The van der Waals surface area contributed by atoms with E-state index in [1.54, 1.807) is 14.2 Å². The standard InChI is InChI=1S/C14H18N2O6/c1-15(5-4-6-21-2)13(17)10-7-11(14(18)22-3)9-12(8-10)16(19)20/h7-9H,4-6H2,1-3H3. The highest BCUT2D eigenvalue weighted by Crippen LogP contribution is 2.19. The number of nitro benzene ring substituents is 1. The Bertz CT molecular complexity index is 572. The highest BCUT2D eigenvalue weighted by atomic mass is 16.6. The van der Waals surface area contributed by atoms with Crippen LogP contribution in [0, 0.1) is 10.1 Å². The van der Waals surface area contributed by atoms with Gasteiger partial charge in [0.25, 0.3) is 11.6 Å². The lowest BCUT2D eigenvalue weighted by Crippen LogP contribution is -2.28. The van der Waals surface area contributed by atoms with E-state index in [4.69, 9.17) is 4.74 Å². The average molecular weight is 310 g/mol. The fourth-order valence-electron chi connectivity index (χ4n) is 1.84. The molecule has 0 N–H and O–H groups in total. The van der Waals surface area contributed by atoms with Gasteiger partial charge in [-0.3, -0.25) is 14.9 Å². The SMILES string of the molecule is COCCCN(C)C(=O)c1cc(C(=O)OC)cc([N+](=O)[O-])c1. The minimum Gasteiger partial charge on any atom is -0.465 e. The normalized spacial score (nSPS) is 10.1. The summed E-state index contributed by atoms with van der Waals surface area (Å²) in [5.41, 5.74) is -0.309. The van der Waals surface area contributed by atoms with Crippen LogP contribution in [0.4, 0.5) is 5.69 Å². The third kappa shape index (κ3) is 4.52. The molecule has 0 aliphatic rings.